The summed E-state index contributed by atoms with van der Waals surface area (Å²) in [6.45, 7) is 4.85. The van der Waals surface area contributed by atoms with Gasteiger partial charge in [-0.15, -0.1) is 0 Å². The molecule has 0 spiro atoms. The molecule has 3 rings (SSSR count). The fourth-order valence-corrected chi connectivity index (χ4v) is 4.86. The molecule has 0 aromatic heterocycles. The fraction of sp³-hybridized carbons (Fsp3) is 0.923. The Morgan fingerprint density at radius 3 is 2.57 bits per heavy atom. The number of rotatable bonds is 0. The number of nitrogens with zero attached hydrogens (tertiary/aromatic N) is 1. The maximum Gasteiger partial charge on any atom is 0.0658 e. The van der Waals surface area contributed by atoms with Gasteiger partial charge in [-0.2, -0.15) is 5.26 Å². The van der Waals surface area contributed by atoms with Gasteiger partial charge in [-0.25, -0.2) is 0 Å². The summed E-state index contributed by atoms with van der Waals surface area (Å²) in [4.78, 5) is 0. The van der Waals surface area contributed by atoms with Gasteiger partial charge in [-0.3, -0.25) is 0 Å². The fourth-order valence-electron chi connectivity index (χ4n) is 4.86. The third-order valence-corrected chi connectivity index (χ3v) is 5.55. The summed E-state index contributed by atoms with van der Waals surface area (Å²) in [5.41, 5.74) is 0. The third-order valence-electron chi connectivity index (χ3n) is 5.55. The smallest absolute Gasteiger partial charge is 0.0658 e. The first-order valence-electron chi connectivity index (χ1n) is 6.12. The van der Waals surface area contributed by atoms with Gasteiger partial charge in [0.15, 0.2) is 0 Å². The molecule has 0 N–H and O–H groups in total. The van der Waals surface area contributed by atoms with E-state index in [-0.39, 0.29) is 0 Å². The van der Waals surface area contributed by atoms with Gasteiger partial charge >= 0.3 is 0 Å². The van der Waals surface area contributed by atoms with E-state index in [1.54, 1.807) is 0 Å². The lowest BCUT2D eigenvalue weighted by Gasteiger charge is -2.30. The molecule has 0 amide bonds. The maximum atomic E-state index is 9.09. The van der Waals surface area contributed by atoms with E-state index in [1.807, 2.05) is 0 Å². The van der Waals surface area contributed by atoms with Gasteiger partial charge in [-0.05, 0) is 54.8 Å². The van der Waals surface area contributed by atoms with Gasteiger partial charge < -0.3 is 0 Å². The lowest BCUT2D eigenvalue weighted by Crippen LogP contribution is -2.26. The molecule has 0 aromatic carbocycles. The van der Waals surface area contributed by atoms with Crippen LogP contribution in [0.25, 0.3) is 0 Å². The minimum atomic E-state index is 0.416. The average Bonchev–Trinajstić information content (AvgIpc) is 2.79. The van der Waals surface area contributed by atoms with E-state index in [4.69, 9.17) is 5.26 Å². The summed E-state index contributed by atoms with van der Waals surface area (Å²) in [5, 5.41) is 9.09. The van der Waals surface area contributed by atoms with E-state index in [0.29, 0.717) is 5.92 Å². The molecule has 7 unspecified atom stereocenters. The first-order chi connectivity index (χ1) is 6.72. The van der Waals surface area contributed by atoms with Crippen molar-refractivity contribution in [2.75, 3.05) is 0 Å². The number of hydrogen-bond acceptors (Lipinski definition) is 1. The van der Waals surface area contributed by atoms with Crippen molar-refractivity contribution in [1.82, 2.24) is 0 Å². The van der Waals surface area contributed by atoms with Gasteiger partial charge in [-0.1, -0.05) is 13.8 Å². The Bertz CT molecular complexity index is 290. The predicted molar refractivity (Wildman–Crippen MR) is 55.2 cm³/mol. The van der Waals surface area contributed by atoms with Crippen LogP contribution in [0.2, 0.25) is 0 Å². The summed E-state index contributed by atoms with van der Waals surface area (Å²) in [5.74, 6) is 5.85. The Balaban J connectivity index is 1.88. The van der Waals surface area contributed by atoms with Crippen LogP contribution in [0.1, 0.15) is 33.1 Å². The van der Waals surface area contributed by atoms with Crippen molar-refractivity contribution in [2.45, 2.75) is 33.1 Å². The molecule has 0 aromatic rings. The van der Waals surface area contributed by atoms with E-state index in [9.17, 15) is 0 Å². The second kappa shape index (κ2) is 2.75. The molecule has 3 aliphatic rings. The molecule has 3 saturated carbocycles. The third kappa shape index (κ3) is 0.900. The van der Waals surface area contributed by atoms with Gasteiger partial charge in [0.05, 0.1) is 6.07 Å². The Kier molecular flexibility index (Phi) is 1.72. The summed E-state index contributed by atoms with van der Waals surface area (Å²) in [6, 6.07) is 2.54. The minimum Gasteiger partial charge on any atom is -0.198 e. The Morgan fingerprint density at radius 1 is 1.07 bits per heavy atom. The van der Waals surface area contributed by atoms with Crippen molar-refractivity contribution < 1.29 is 0 Å². The zero-order valence-corrected chi connectivity index (χ0v) is 9.11. The summed E-state index contributed by atoms with van der Waals surface area (Å²) in [6.07, 6.45) is 4.01. The van der Waals surface area contributed by atoms with Crippen LogP contribution in [-0.4, -0.2) is 0 Å². The Labute approximate surface area is 86.5 Å². The number of hydrogen-bond donors (Lipinski definition) is 0. The molecule has 76 valence electrons. The monoisotopic (exact) mass is 189 g/mol. The standard InChI is InChI=1S/C13H19N/c1-7-3-12-11-5-9(4-10(11)6-14)13(12)8(7)2/h7-13H,3-5H2,1-2H3. The Hall–Kier alpha value is -0.510. The molecule has 0 saturated heterocycles. The van der Waals surface area contributed by atoms with Crippen LogP contribution < -0.4 is 0 Å². The molecule has 1 heteroatoms. The molecule has 1 nitrogen and oxygen atoms in total. The minimum absolute atomic E-state index is 0.416. The summed E-state index contributed by atoms with van der Waals surface area (Å²) in [7, 11) is 0. The molecular weight excluding hydrogens is 170 g/mol. The van der Waals surface area contributed by atoms with Crippen LogP contribution in [0, 0.1) is 52.8 Å². The molecule has 3 fully saturated rings. The Morgan fingerprint density at radius 2 is 1.86 bits per heavy atom. The molecular formula is C13H19N. The van der Waals surface area contributed by atoms with E-state index < -0.39 is 0 Å². The SMILES string of the molecule is CC1CC2C3CC(CC3C#N)C2C1C. The highest BCUT2D eigenvalue weighted by atomic mass is 14.6. The second-order valence-electron chi connectivity index (χ2n) is 5.94. The molecule has 2 bridgehead atoms. The van der Waals surface area contributed by atoms with E-state index in [2.05, 4.69) is 19.9 Å². The van der Waals surface area contributed by atoms with Crippen LogP contribution in [-0.2, 0) is 0 Å². The zero-order valence-electron chi connectivity index (χ0n) is 9.11. The second-order valence-corrected chi connectivity index (χ2v) is 5.94. The first kappa shape index (κ1) is 8.77. The summed E-state index contributed by atoms with van der Waals surface area (Å²) >= 11 is 0. The normalized spacial score (nSPS) is 59.9. The van der Waals surface area contributed by atoms with Crippen molar-refractivity contribution in [3.05, 3.63) is 0 Å². The molecule has 0 aliphatic heterocycles. The van der Waals surface area contributed by atoms with E-state index in [1.165, 1.54) is 19.3 Å². The number of nitriles is 1. The molecule has 7 atom stereocenters. The van der Waals surface area contributed by atoms with Gasteiger partial charge in [0.1, 0.15) is 0 Å². The number of fused-ring (bicyclic) bond motifs is 5. The quantitative estimate of drug-likeness (QED) is 0.574. The van der Waals surface area contributed by atoms with E-state index >= 15 is 0 Å². The van der Waals surface area contributed by atoms with Crippen molar-refractivity contribution >= 4 is 0 Å². The lowest BCUT2D eigenvalue weighted by atomic mass is 9.74. The largest absolute Gasteiger partial charge is 0.198 e. The maximum absolute atomic E-state index is 9.09. The van der Waals surface area contributed by atoms with Crippen LogP contribution in [0.3, 0.4) is 0 Å². The highest BCUT2D eigenvalue weighted by Crippen LogP contribution is 2.63. The van der Waals surface area contributed by atoms with E-state index in [0.717, 1.165) is 35.5 Å². The van der Waals surface area contributed by atoms with Crippen molar-refractivity contribution in [3.63, 3.8) is 0 Å². The average molecular weight is 189 g/mol. The molecule has 3 aliphatic carbocycles. The van der Waals surface area contributed by atoms with Gasteiger partial charge in [0, 0.05) is 5.92 Å². The van der Waals surface area contributed by atoms with Crippen LogP contribution in [0.15, 0.2) is 0 Å². The molecule has 0 heterocycles. The van der Waals surface area contributed by atoms with Crippen LogP contribution in [0.4, 0.5) is 0 Å². The first-order valence-corrected chi connectivity index (χ1v) is 6.12. The van der Waals surface area contributed by atoms with Crippen molar-refractivity contribution in [2.24, 2.45) is 41.4 Å². The van der Waals surface area contributed by atoms with Crippen LogP contribution >= 0.6 is 0 Å². The lowest BCUT2D eigenvalue weighted by molar-refractivity contribution is 0.189. The van der Waals surface area contributed by atoms with Crippen molar-refractivity contribution in [1.29, 1.82) is 5.26 Å². The van der Waals surface area contributed by atoms with Crippen LogP contribution in [0.5, 0.6) is 0 Å². The highest BCUT2D eigenvalue weighted by molar-refractivity contribution is 5.10. The summed E-state index contributed by atoms with van der Waals surface area (Å²) < 4.78 is 0. The highest BCUT2D eigenvalue weighted by Gasteiger charge is 2.57. The van der Waals surface area contributed by atoms with Gasteiger partial charge in [0.2, 0.25) is 0 Å². The van der Waals surface area contributed by atoms with Crippen molar-refractivity contribution in [3.8, 4) is 6.07 Å². The predicted octanol–water partition coefficient (Wildman–Crippen LogP) is 3.07. The van der Waals surface area contributed by atoms with Gasteiger partial charge in [0.25, 0.3) is 0 Å². The zero-order chi connectivity index (χ0) is 9.87. The topological polar surface area (TPSA) is 23.8 Å². The molecule has 14 heavy (non-hydrogen) atoms. The molecule has 0 radical (unpaired) electrons.